The predicted octanol–water partition coefficient (Wildman–Crippen LogP) is 1.16. The Hall–Kier alpha value is -0.700. The summed E-state index contributed by atoms with van der Waals surface area (Å²) in [4.78, 5) is 14.4. The van der Waals surface area contributed by atoms with Gasteiger partial charge < -0.3 is 10.1 Å². The van der Waals surface area contributed by atoms with Crippen LogP contribution in [-0.2, 0) is 9.53 Å². The van der Waals surface area contributed by atoms with Gasteiger partial charge in [0.15, 0.2) is 4.34 Å². The van der Waals surface area contributed by atoms with Gasteiger partial charge in [0, 0.05) is 26.2 Å². The molecule has 0 spiro atoms. The van der Waals surface area contributed by atoms with E-state index in [0.29, 0.717) is 11.8 Å². The smallest absolute Gasteiger partial charge is 0.230 e. The summed E-state index contributed by atoms with van der Waals surface area (Å²) in [5.74, 6) is 0.383. The van der Waals surface area contributed by atoms with E-state index in [-0.39, 0.29) is 18.1 Å². The Bertz CT molecular complexity index is 480. The zero-order chi connectivity index (χ0) is 15.4. The van der Waals surface area contributed by atoms with Crippen molar-refractivity contribution >= 4 is 29.0 Å². The second-order valence-electron chi connectivity index (χ2n) is 5.37. The number of methoxy groups -OCH3 is 1. The molecule has 2 rings (SSSR count). The lowest BCUT2D eigenvalue weighted by Crippen LogP contribution is -2.44. The maximum atomic E-state index is 12.1. The number of likely N-dealkylation sites (tertiary alicyclic amines) is 1. The minimum Gasteiger partial charge on any atom is -0.378 e. The second-order valence-corrected chi connectivity index (χ2v) is 7.78. The van der Waals surface area contributed by atoms with Crippen LogP contribution in [0.4, 0.5) is 0 Å². The number of amides is 1. The third-order valence-corrected chi connectivity index (χ3v) is 5.48. The summed E-state index contributed by atoms with van der Waals surface area (Å²) < 4.78 is 6.32. The molecular weight excluding hydrogens is 308 g/mol. The third kappa shape index (κ3) is 4.64. The number of aromatic nitrogens is 2. The van der Waals surface area contributed by atoms with Crippen LogP contribution in [0.1, 0.15) is 18.9 Å². The molecule has 0 bridgehead atoms. The normalized spacial score (nSPS) is 22.9. The predicted molar refractivity (Wildman–Crippen MR) is 84.8 cm³/mol. The van der Waals surface area contributed by atoms with Gasteiger partial charge in [-0.1, -0.05) is 23.1 Å². The minimum absolute atomic E-state index is 0.0190. The molecule has 8 heteroatoms. The Labute approximate surface area is 133 Å². The Morgan fingerprint density at radius 2 is 2.29 bits per heavy atom. The van der Waals surface area contributed by atoms with E-state index < -0.39 is 0 Å². The number of ether oxygens (including phenoxy) is 1. The second kappa shape index (κ2) is 7.53. The van der Waals surface area contributed by atoms with Gasteiger partial charge >= 0.3 is 0 Å². The lowest BCUT2D eigenvalue weighted by atomic mass is 10.2. The molecule has 1 saturated heterocycles. The monoisotopic (exact) mass is 330 g/mol. The van der Waals surface area contributed by atoms with Crippen LogP contribution >= 0.6 is 23.1 Å². The van der Waals surface area contributed by atoms with Crippen LogP contribution in [-0.4, -0.2) is 65.1 Å². The van der Waals surface area contributed by atoms with Crippen molar-refractivity contribution in [1.29, 1.82) is 0 Å². The Kier molecular flexibility index (Phi) is 5.98. The van der Waals surface area contributed by atoms with Crippen LogP contribution in [0.5, 0.6) is 0 Å². The first-order chi connectivity index (χ1) is 9.99. The zero-order valence-corrected chi connectivity index (χ0v) is 14.5. The molecule has 1 amide bonds. The first kappa shape index (κ1) is 16.7. The highest BCUT2D eigenvalue weighted by atomic mass is 32.2. The van der Waals surface area contributed by atoms with Gasteiger partial charge in [0.1, 0.15) is 5.01 Å². The van der Waals surface area contributed by atoms with Gasteiger partial charge in [0.25, 0.3) is 0 Å². The standard InChI is InChI=1S/C13H22N4O2S2/c1-8(2)17-5-10(11(6-17)19-4)14-12(18)7-20-13-16-15-9(3)21-13/h8,10-11H,5-7H2,1-4H3,(H,14,18)/t10-,11-/m1/s1. The van der Waals surface area contributed by atoms with E-state index >= 15 is 0 Å². The molecule has 2 heterocycles. The van der Waals surface area contributed by atoms with Crippen molar-refractivity contribution in [2.24, 2.45) is 0 Å². The summed E-state index contributed by atoms with van der Waals surface area (Å²) in [7, 11) is 1.70. The number of nitrogens with zero attached hydrogens (tertiary/aromatic N) is 3. The fourth-order valence-corrected chi connectivity index (χ4v) is 3.94. The van der Waals surface area contributed by atoms with Crippen molar-refractivity contribution in [1.82, 2.24) is 20.4 Å². The number of aryl methyl sites for hydroxylation is 1. The average Bonchev–Trinajstić information content (AvgIpc) is 3.02. The zero-order valence-electron chi connectivity index (χ0n) is 12.8. The van der Waals surface area contributed by atoms with Crippen molar-refractivity contribution < 1.29 is 9.53 Å². The molecule has 0 unspecified atom stereocenters. The van der Waals surface area contributed by atoms with Crippen LogP contribution < -0.4 is 5.32 Å². The Morgan fingerprint density at radius 3 is 2.86 bits per heavy atom. The molecule has 6 nitrogen and oxygen atoms in total. The maximum Gasteiger partial charge on any atom is 0.230 e. The van der Waals surface area contributed by atoms with E-state index in [0.717, 1.165) is 22.4 Å². The van der Waals surface area contributed by atoms with Gasteiger partial charge in [-0.2, -0.15) is 0 Å². The molecule has 0 radical (unpaired) electrons. The number of hydrogen-bond acceptors (Lipinski definition) is 7. The number of carbonyl (C=O) groups is 1. The molecule has 0 aromatic carbocycles. The molecule has 1 aliphatic rings. The van der Waals surface area contributed by atoms with Crippen molar-refractivity contribution in [2.45, 2.75) is 43.3 Å². The van der Waals surface area contributed by atoms with Crippen LogP contribution in [0.15, 0.2) is 4.34 Å². The Balaban J connectivity index is 1.81. The first-order valence-corrected chi connectivity index (χ1v) is 8.79. The van der Waals surface area contributed by atoms with Gasteiger partial charge in [0.2, 0.25) is 5.91 Å². The van der Waals surface area contributed by atoms with E-state index in [1.165, 1.54) is 23.1 Å². The maximum absolute atomic E-state index is 12.1. The quantitative estimate of drug-likeness (QED) is 0.790. The highest BCUT2D eigenvalue weighted by Gasteiger charge is 2.34. The van der Waals surface area contributed by atoms with Gasteiger partial charge in [-0.25, -0.2) is 0 Å². The molecule has 2 atom stereocenters. The molecule has 1 N–H and O–H groups in total. The molecule has 0 aliphatic carbocycles. The summed E-state index contributed by atoms with van der Waals surface area (Å²) in [6.45, 7) is 7.92. The molecule has 1 aliphatic heterocycles. The van der Waals surface area contributed by atoms with Gasteiger partial charge in [0.05, 0.1) is 17.9 Å². The van der Waals surface area contributed by atoms with E-state index in [2.05, 4.69) is 34.3 Å². The average molecular weight is 330 g/mol. The largest absolute Gasteiger partial charge is 0.378 e. The number of hydrogen-bond donors (Lipinski definition) is 1. The van der Waals surface area contributed by atoms with Crippen molar-refractivity contribution in [3.8, 4) is 0 Å². The molecule has 118 valence electrons. The molecular formula is C13H22N4O2S2. The molecule has 21 heavy (non-hydrogen) atoms. The van der Waals surface area contributed by atoms with Crippen LogP contribution in [0.2, 0.25) is 0 Å². The number of rotatable bonds is 6. The number of carbonyl (C=O) groups excluding carboxylic acids is 1. The highest BCUT2D eigenvalue weighted by molar-refractivity contribution is 8.01. The minimum atomic E-state index is 0.0190. The van der Waals surface area contributed by atoms with Gasteiger partial charge in [-0.05, 0) is 20.8 Å². The van der Waals surface area contributed by atoms with Crippen molar-refractivity contribution in [2.75, 3.05) is 26.0 Å². The number of nitrogens with one attached hydrogen (secondary N) is 1. The SMILES string of the molecule is CO[C@@H]1CN(C(C)C)C[C@H]1NC(=O)CSc1nnc(C)s1. The molecule has 1 aromatic heterocycles. The van der Waals surface area contributed by atoms with Crippen LogP contribution in [0.25, 0.3) is 0 Å². The fraction of sp³-hybridized carbons (Fsp3) is 0.769. The van der Waals surface area contributed by atoms with Gasteiger partial charge in [-0.15, -0.1) is 10.2 Å². The van der Waals surface area contributed by atoms with Crippen molar-refractivity contribution in [3.05, 3.63) is 5.01 Å². The molecule has 0 saturated carbocycles. The lowest BCUT2D eigenvalue weighted by Gasteiger charge is -2.19. The first-order valence-electron chi connectivity index (χ1n) is 6.98. The summed E-state index contributed by atoms with van der Waals surface area (Å²) >= 11 is 2.94. The van der Waals surface area contributed by atoms with E-state index in [1.54, 1.807) is 7.11 Å². The number of thioether (sulfide) groups is 1. The van der Waals surface area contributed by atoms with E-state index in [9.17, 15) is 4.79 Å². The van der Waals surface area contributed by atoms with Gasteiger partial charge in [-0.3, -0.25) is 9.69 Å². The molecule has 1 fully saturated rings. The van der Waals surface area contributed by atoms with Crippen LogP contribution in [0.3, 0.4) is 0 Å². The summed E-state index contributed by atoms with van der Waals surface area (Å²) in [6.07, 6.45) is 0.0603. The van der Waals surface area contributed by atoms with E-state index in [4.69, 9.17) is 4.74 Å². The summed E-state index contributed by atoms with van der Waals surface area (Å²) in [5.41, 5.74) is 0. The lowest BCUT2D eigenvalue weighted by molar-refractivity contribution is -0.119. The third-order valence-electron chi connectivity index (χ3n) is 3.51. The fourth-order valence-electron chi connectivity index (χ4n) is 2.31. The summed E-state index contributed by atoms with van der Waals surface area (Å²) in [6, 6.07) is 0.518. The van der Waals surface area contributed by atoms with Crippen LogP contribution in [0, 0.1) is 6.92 Å². The summed E-state index contributed by atoms with van der Waals surface area (Å²) in [5, 5.41) is 11.9. The highest BCUT2D eigenvalue weighted by Crippen LogP contribution is 2.22. The Morgan fingerprint density at radius 1 is 1.52 bits per heavy atom. The van der Waals surface area contributed by atoms with Crippen molar-refractivity contribution in [3.63, 3.8) is 0 Å². The van der Waals surface area contributed by atoms with E-state index in [1.807, 2.05) is 6.92 Å². The molecule has 1 aromatic rings. The topological polar surface area (TPSA) is 67.3 Å².